The number of aromatic carboxylic acids is 1. The molecule has 4 aromatic rings. The maximum atomic E-state index is 12.1. The third-order valence-electron chi connectivity index (χ3n) is 5.29. The summed E-state index contributed by atoms with van der Waals surface area (Å²) >= 11 is 0. The lowest BCUT2D eigenvalue weighted by molar-refractivity contribution is 0.0696. The van der Waals surface area contributed by atoms with Crippen molar-refractivity contribution in [2.45, 2.75) is 13.5 Å². The van der Waals surface area contributed by atoms with Crippen molar-refractivity contribution in [1.82, 2.24) is 14.8 Å². The van der Waals surface area contributed by atoms with Gasteiger partial charge in [0.25, 0.3) is 5.91 Å². The largest absolute Gasteiger partial charge is 0.478 e. The Labute approximate surface area is 183 Å². The molecule has 32 heavy (non-hydrogen) atoms. The number of carbonyl (C=O) groups is 2. The normalized spacial score (nSPS) is 11.0. The molecule has 0 saturated heterocycles. The Morgan fingerprint density at radius 1 is 1.19 bits per heavy atom. The third-order valence-corrected chi connectivity index (χ3v) is 5.29. The van der Waals surface area contributed by atoms with Gasteiger partial charge in [0, 0.05) is 29.9 Å². The number of carboxylic acid groups (broad SMARTS) is 1. The number of hydrogen-bond acceptors (Lipinski definition) is 6. The van der Waals surface area contributed by atoms with Crippen molar-refractivity contribution in [3.63, 3.8) is 0 Å². The number of aliphatic hydroxyl groups is 1. The highest BCUT2D eigenvalue weighted by Gasteiger charge is 2.18. The van der Waals surface area contributed by atoms with Gasteiger partial charge >= 0.3 is 5.97 Å². The first-order chi connectivity index (χ1) is 15.3. The number of aliphatic hydroxyl groups excluding tert-OH is 1. The molecule has 0 fully saturated rings. The number of benzene rings is 2. The highest BCUT2D eigenvalue weighted by Crippen LogP contribution is 2.34. The molecule has 4 rings (SSSR count). The molecule has 0 saturated carbocycles. The van der Waals surface area contributed by atoms with Crippen LogP contribution in [0.2, 0.25) is 0 Å². The molecule has 2 aromatic heterocycles. The van der Waals surface area contributed by atoms with Gasteiger partial charge < -0.3 is 21.3 Å². The van der Waals surface area contributed by atoms with Gasteiger partial charge in [0.1, 0.15) is 0 Å². The van der Waals surface area contributed by atoms with Crippen LogP contribution in [0.1, 0.15) is 32.1 Å². The fourth-order valence-electron chi connectivity index (χ4n) is 3.81. The topological polar surface area (TPSA) is 143 Å². The Morgan fingerprint density at radius 3 is 2.66 bits per heavy atom. The van der Waals surface area contributed by atoms with Gasteiger partial charge in [-0.25, -0.2) is 4.79 Å². The van der Waals surface area contributed by atoms with E-state index in [1.165, 1.54) is 18.3 Å². The van der Waals surface area contributed by atoms with E-state index in [9.17, 15) is 19.8 Å². The Hall–Kier alpha value is -4.24. The van der Waals surface area contributed by atoms with Gasteiger partial charge in [-0.05, 0) is 36.8 Å². The van der Waals surface area contributed by atoms with Crippen LogP contribution in [-0.2, 0) is 13.7 Å². The van der Waals surface area contributed by atoms with Crippen LogP contribution in [0.5, 0.6) is 0 Å². The lowest BCUT2D eigenvalue weighted by Gasteiger charge is -2.14. The van der Waals surface area contributed by atoms with E-state index in [-0.39, 0.29) is 17.7 Å². The molecule has 9 nitrogen and oxygen atoms in total. The zero-order valence-corrected chi connectivity index (χ0v) is 17.5. The van der Waals surface area contributed by atoms with Crippen LogP contribution in [-0.4, -0.2) is 36.9 Å². The molecule has 9 heteroatoms. The van der Waals surface area contributed by atoms with Gasteiger partial charge in [0.05, 0.1) is 40.3 Å². The van der Waals surface area contributed by atoms with E-state index in [1.54, 1.807) is 29.9 Å². The Balaban J connectivity index is 1.87. The van der Waals surface area contributed by atoms with Crippen molar-refractivity contribution >= 4 is 34.2 Å². The zero-order valence-electron chi connectivity index (χ0n) is 17.5. The summed E-state index contributed by atoms with van der Waals surface area (Å²) in [5.41, 5.74) is 10.5. The van der Waals surface area contributed by atoms with Gasteiger partial charge in [0.2, 0.25) is 0 Å². The average molecular weight is 431 g/mol. The van der Waals surface area contributed by atoms with E-state index >= 15 is 0 Å². The number of nitrogens with zero attached hydrogens (tertiary/aromatic N) is 3. The molecule has 0 aliphatic heterocycles. The molecule has 0 aliphatic rings. The number of primary amides is 1. The Morgan fingerprint density at radius 2 is 1.97 bits per heavy atom. The lowest BCUT2D eigenvalue weighted by atomic mass is 10.00. The van der Waals surface area contributed by atoms with Gasteiger partial charge in [-0.2, -0.15) is 5.10 Å². The quantitative estimate of drug-likeness (QED) is 0.367. The number of amides is 1. The number of aromatic nitrogens is 3. The molecule has 162 valence electrons. The molecule has 0 radical (unpaired) electrons. The number of nitrogens with two attached hydrogens (primary N) is 1. The molecular weight excluding hydrogens is 410 g/mol. The maximum absolute atomic E-state index is 12.1. The van der Waals surface area contributed by atoms with Crippen LogP contribution >= 0.6 is 0 Å². The Bertz CT molecular complexity index is 1380. The maximum Gasteiger partial charge on any atom is 0.335 e. The molecular formula is C23H21N5O4. The van der Waals surface area contributed by atoms with Crippen molar-refractivity contribution < 1.29 is 19.8 Å². The second-order valence-electron chi connectivity index (χ2n) is 7.34. The number of carbonyl (C=O) groups excluding carboxylic acids is 1. The van der Waals surface area contributed by atoms with Crippen LogP contribution in [0, 0.1) is 6.92 Å². The number of anilines is 2. The molecule has 0 atom stereocenters. The smallest absolute Gasteiger partial charge is 0.335 e. The fraction of sp³-hybridized carbons (Fsp3) is 0.130. The van der Waals surface area contributed by atoms with Crippen molar-refractivity contribution in [1.29, 1.82) is 0 Å². The van der Waals surface area contributed by atoms with E-state index in [1.807, 2.05) is 19.1 Å². The van der Waals surface area contributed by atoms with Gasteiger partial charge in [-0.15, -0.1) is 0 Å². The summed E-state index contributed by atoms with van der Waals surface area (Å²) in [6.07, 6.45) is 1.39. The second kappa shape index (κ2) is 8.12. The standard InChI is InChI=1S/C23H21N5O4/c1-12-20(19(11-29)28(2)27-12)13-6-7-16-18(9-13)25-10-17(22(24)30)21(16)26-15-5-3-4-14(8-15)23(31)32/h3-10,29H,11H2,1-2H3,(H2,24,30)(H,25,26)(H,31,32). The van der Waals surface area contributed by atoms with Crippen LogP contribution in [0.25, 0.3) is 22.0 Å². The monoisotopic (exact) mass is 431 g/mol. The summed E-state index contributed by atoms with van der Waals surface area (Å²) in [6.45, 7) is 1.70. The molecule has 5 N–H and O–H groups in total. The minimum atomic E-state index is -1.06. The predicted molar refractivity (Wildman–Crippen MR) is 120 cm³/mol. The SMILES string of the molecule is Cc1nn(C)c(CO)c1-c1ccc2c(Nc3cccc(C(=O)O)c3)c(C(N)=O)cnc2c1. The third kappa shape index (κ3) is 3.65. The summed E-state index contributed by atoms with van der Waals surface area (Å²) in [7, 11) is 1.77. The predicted octanol–water partition coefficient (Wildman–Crippen LogP) is 2.98. The first kappa shape index (κ1) is 21.0. The van der Waals surface area contributed by atoms with Crippen LogP contribution in [0.15, 0.2) is 48.7 Å². The Kier molecular flexibility index (Phi) is 5.33. The minimum Gasteiger partial charge on any atom is -0.478 e. The number of fused-ring (bicyclic) bond motifs is 1. The van der Waals surface area contributed by atoms with E-state index in [4.69, 9.17) is 5.73 Å². The fourth-order valence-corrected chi connectivity index (χ4v) is 3.81. The molecule has 0 unspecified atom stereocenters. The van der Waals surface area contributed by atoms with Crippen LogP contribution < -0.4 is 11.1 Å². The van der Waals surface area contributed by atoms with Gasteiger partial charge in [-0.1, -0.05) is 18.2 Å². The van der Waals surface area contributed by atoms with E-state index in [0.29, 0.717) is 28.0 Å². The number of carboxylic acids is 1. The highest BCUT2D eigenvalue weighted by atomic mass is 16.4. The summed E-state index contributed by atoms with van der Waals surface area (Å²) in [5, 5.41) is 27.2. The molecule has 2 heterocycles. The van der Waals surface area contributed by atoms with Crippen molar-refractivity contribution in [3.05, 3.63) is 71.2 Å². The molecule has 2 aromatic carbocycles. The number of pyridine rings is 1. The molecule has 0 spiro atoms. The number of hydrogen-bond donors (Lipinski definition) is 4. The van der Waals surface area contributed by atoms with Crippen molar-refractivity contribution in [2.24, 2.45) is 12.8 Å². The molecule has 1 amide bonds. The first-order valence-corrected chi connectivity index (χ1v) is 9.76. The second-order valence-corrected chi connectivity index (χ2v) is 7.34. The summed E-state index contributed by atoms with van der Waals surface area (Å²) in [6, 6.07) is 11.8. The van der Waals surface area contributed by atoms with Crippen LogP contribution in [0.3, 0.4) is 0 Å². The zero-order chi connectivity index (χ0) is 23.0. The summed E-state index contributed by atoms with van der Waals surface area (Å²) in [4.78, 5) is 27.8. The van der Waals surface area contributed by atoms with Crippen LogP contribution in [0.4, 0.5) is 11.4 Å². The molecule has 0 aliphatic carbocycles. The van der Waals surface area contributed by atoms with E-state index in [0.717, 1.165) is 16.8 Å². The van der Waals surface area contributed by atoms with Crippen molar-refractivity contribution in [2.75, 3.05) is 5.32 Å². The van der Waals surface area contributed by atoms with Gasteiger partial charge in [-0.3, -0.25) is 14.5 Å². The highest BCUT2D eigenvalue weighted by molar-refractivity contribution is 6.08. The molecule has 0 bridgehead atoms. The lowest BCUT2D eigenvalue weighted by Crippen LogP contribution is -2.14. The summed E-state index contributed by atoms with van der Waals surface area (Å²) in [5.74, 6) is -1.72. The first-order valence-electron chi connectivity index (χ1n) is 9.76. The minimum absolute atomic E-state index is 0.111. The van der Waals surface area contributed by atoms with E-state index in [2.05, 4.69) is 15.4 Å². The van der Waals surface area contributed by atoms with E-state index < -0.39 is 11.9 Å². The average Bonchev–Trinajstić information content (AvgIpc) is 3.06. The number of nitrogens with one attached hydrogen (secondary N) is 1. The van der Waals surface area contributed by atoms with Gasteiger partial charge in [0.15, 0.2) is 0 Å². The summed E-state index contributed by atoms with van der Waals surface area (Å²) < 4.78 is 1.64. The number of rotatable bonds is 6. The van der Waals surface area contributed by atoms with Crippen molar-refractivity contribution in [3.8, 4) is 11.1 Å². The number of aryl methyl sites for hydroxylation is 2.